The zero-order valence-electron chi connectivity index (χ0n) is 13.7. The Balaban J connectivity index is 2.55. The van der Waals surface area contributed by atoms with Gasteiger partial charge in [0.25, 0.3) is 0 Å². The molecule has 0 aliphatic rings. The number of halogens is 1. The molecule has 0 radical (unpaired) electrons. The van der Waals surface area contributed by atoms with E-state index < -0.39 is 0 Å². The summed E-state index contributed by atoms with van der Waals surface area (Å²) in [6, 6.07) is 7.62. The molecule has 2 atom stereocenters. The number of guanidine groups is 1. The molecule has 0 aromatic heterocycles. The van der Waals surface area contributed by atoms with Crippen LogP contribution >= 0.6 is 11.6 Å². The van der Waals surface area contributed by atoms with Crippen molar-refractivity contribution >= 4 is 17.6 Å². The molecule has 124 valence electrons. The van der Waals surface area contributed by atoms with Gasteiger partial charge in [0.05, 0.1) is 18.2 Å². The van der Waals surface area contributed by atoms with Crippen molar-refractivity contribution in [2.75, 3.05) is 26.8 Å². The molecule has 6 heteroatoms. The third-order valence-electron chi connectivity index (χ3n) is 2.82. The van der Waals surface area contributed by atoms with Crippen LogP contribution in [0.25, 0.3) is 0 Å². The van der Waals surface area contributed by atoms with Crippen molar-refractivity contribution in [1.29, 1.82) is 0 Å². The smallest absolute Gasteiger partial charge is 0.191 e. The molecular formula is C16H26ClN3O2. The van der Waals surface area contributed by atoms with E-state index in [1.165, 1.54) is 0 Å². The minimum absolute atomic E-state index is 0.0758. The third-order valence-corrected chi connectivity index (χ3v) is 3.13. The van der Waals surface area contributed by atoms with Crippen LogP contribution in [0, 0.1) is 0 Å². The van der Waals surface area contributed by atoms with Crippen molar-refractivity contribution < 1.29 is 9.47 Å². The Labute approximate surface area is 138 Å². The highest BCUT2D eigenvalue weighted by Gasteiger charge is 2.08. The molecule has 22 heavy (non-hydrogen) atoms. The Kier molecular flexibility index (Phi) is 8.70. The third kappa shape index (κ3) is 7.00. The molecule has 0 saturated carbocycles. The summed E-state index contributed by atoms with van der Waals surface area (Å²) < 4.78 is 10.9. The van der Waals surface area contributed by atoms with Crippen LogP contribution in [0.4, 0.5) is 0 Å². The summed E-state index contributed by atoms with van der Waals surface area (Å²) in [7, 11) is 1.68. The van der Waals surface area contributed by atoms with Gasteiger partial charge in [0, 0.05) is 19.7 Å². The number of nitrogens with zero attached hydrogens (tertiary/aromatic N) is 1. The van der Waals surface area contributed by atoms with Crippen LogP contribution in [-0.4, -0.2) is 44.9 Å². The minimum Gasteiger partial charge on any atom is -0.487 e. The summed E-state index contributed by atoms with van der Waals surface area (Å²) >= 11 is 6.08. The average molecular weight is 328 g/mol. The van der Waals surface area contributed by atoms with Gasteiger partial charge in [-0.2, -0.15) is 0 Å². The van der Waals surface area contributed by atoms with Gasteiger partial charge in [0.2, 0.25) is 0 Å². The second-order valence-electron chi connectivity index (χ2n) is 5.08. The first-order chi connectivity index (χ1) is 10.6. The Morgan fingerprint density at radius 2 is 2.05 bits per heavy atom. The lowest BCUT2D eigenvalue weighted by molar-refractivity contribution is 0.179. The van der Waals surface area contributed by atoms with Gasteiger partial charge in [-0.3, -0.25) is 0 Å². The van der Waals surface area contributed by atoms with Gasteiger partial charge in [-0.1, -0.05) is 23.7 Å². The van der Waals surface area contributed by atoms with Crippen molar-refractivity contribution in [1.82, 2.24) is 10.6 Å². The molecule has 2 unspecified atom stereocenters. The molecule has 0 saturated heterocycles. The Morgan fingerprint density at radius 1 is 1.32 bits per heavy atom. The Morgan fingerprint density at radius 3 is 2.68 bits per heavy atom. The van der Waals surface area contributed by atoms with Crippen molar-refractivity contribution in [3.05, 3.63) is 29.3 Å². The largest absolute Gasteiger partial charge is 0.487 e. The summed E-state index contributed by atoms with van der Waals surface area (Å²) in [5, 5.41) is 7.09. The molecule has 0 aliphatic carbocycles. The molecule has 0 amide bonds. The molecule has 1 aromatic rings. The Hall–Kier alpha value is -1.46. The molecule has 0 fully saturated rings. The van der Waals surface area contributed by atoms with Crippen molar-refractivity contribution in [3.63, 3.8) is 0 Å². The van der Waals surface area contributed by atoms with E-state index in [1.54, 1.807) is 7.11 Å². The van der Waals surface area contributed by atoms with Crippen LogP contribution in [0.3, 0.4) is 0 Å². The van der Waals surface area contributed by atoms with Gasteiger partial charge in [-0.05, 0) is 32.9 Å². The van der Waals surface area contributed by atoms with E-state index in [0.717, 1.165) is 12.5 Å². The van der Waals surface area contributed by atoms with Crippen molar-refractivity contribution in [2.45, 2.75) is 32.9 Å². The van der Waals surface area contributed by atoms with Crippen LogP contribution in [0.1, 0.15) is 20.8 Å². The lowest BCUT2D eigenvalue weighted by atomic mass is 10.3. The maximum Gasteiger partial charge on any atom is 0.191 e. The fourth-order valence-corrected chi connectivity index (χ4v) is 2.04. The van der Waals surface area contributed by atoms with E-state index in [-0.39, 0.29) is 12.1 Å². The van der Waals surface area contributed by atoms with Gasteiger partial charge >= 0.3 is 0 Å². The number of hydrogen-bond donors (Lipinski definition) is 2. The highest BCUT2D eigenvalue weighted by atomic mass is 35.5. The highest BCUT2D eigenvalue weighted by molar-refractivity contribution is 6.32. The second kappa shape index (κ2) is 10.3. The van der Waals surface area contributed by atoms with Gasteiger partial charge < -0.3 is 20.1 Å². The van der Waals surface area contributed by atoms with E-state index in [2.05, 4.69) is 15.6 Å². The minimum atomic E-state index is -0.0758. The number of benzene rings is 1. The SMILES string of the molecule is CCNC(=NCC(C)Oc1ccccc1Cl)NC(C)COC. The van der Waals surface area contributed by atoms with Crippen LogP contribution in [0.2, 0.25) is 5.02 Å². The average Bonchev–Trinajstić information content (AvgIpc) is 2.48. The molecule has 5 nitrogen and oxygen atoms in total. The number of aliphatic imine (C=N–C) groups is 1. The van der Waals surface area contributed by atoms with E-state index in [0.29, 0.717) is 23.9 Å². The van der Waals surface area contributed by atoms with Crippen molar-refractivity contribution in [3.8, 4) is 5.75 Å². The lowest BCUT2D eigenvalue weighted by Crippen LogP contribution is -2.44. The molecule has 0 bridgehead atoms. The number of ether oxygens (including phenoxy) is 2. The van der Waals surface area contributed by atoms with Crippen LogP contribution in [-0.2, 0) is 4.74 Å². The standard InChI is InChI=1S/C16H26ClN3O2/c1-5-18-16(20-12(2)11-21-4)19-10-13(3)22-15-9-7-6-8-14(15)17/h6-9,12-13H,5,10-11H2,1-4H3,(H2,18,19,20). The molecule has 2 N–H and O–H groups in total. The monoisotopic (exact) mass is 327 g/mol. The Bertz CT molecular complexity index is 468. The first-order valence-corrected chi connectivity index (χ1v) is 7.89. The first kappa shape index (κ1) is 18.6. The summed E-state index contributed by atoms with van der Waals surface area (Å²) in [5.74, 6) is 1.43. The summed E-state index contributed by atoms with van der Waals surface area (Å²) in [5.41, 5.74) is 0. The zero-order chi connectivity index (χ0) is 16.4. The number of rotatable bonds is 8. The molecule has 0 heterocycles. The maximum absolute atomic E-state index is 6.08. The molecule has 1 rings (SSSR count). The maximum atomic E-state index is 6.08. The number of methoxy groups -OCH3 is 1. The lowest BCUT2D eigenvalue weighted by Gasteiger charge is -2.18. The quantitative estimate of drug-likeness (QED) is 0.569. The second-order valence-corrected chi connectivity index (χ2v) is 5.49. The van der Waals surface area contributed by atoms with Crippen LogP contribution in [0.15, 0.2) is 29.3 Å². The van der Waals surface area contributed by atoms with E-state index in [9.17, 15) is 0 Å². The predicted molar refractivity (Wildman–Crippen MR) is 92.0 cm³/mol. The van der Waals surface area contributed by atoms with Gasteiger partial charge in [-0.25, -0.2) is 4.99 Å². The highest BCUT2D eigenvalue weighted by Crippen LogP contribution is 2.24. The zero-order valence-corrected chi connectivity index (χ0v) is 14.5. The van der Waals surface area contributed by atoms with Gasteiger partial charge in [-0.15, -0.1) is 0 Å². The fraction of sp³-hybridized carbons (Fsp3) is 0.562. The van der Waals surface area contributed by atoms with Crippen molar-refractivity contribution in [2.24, 2.45) is 4.99 Å². The first-order valence-electron chi connectivity index (χ1n) is 7.51. The predicted octanol–water partition coefficient (Wildman–Crippen LogP) is 2.70. The van der Waals surface area contributed by atoms with E-state index in [1.807, 2.05) is 45.0 Å². The fourth-order valence-electron chi connectivity index (χ4n) is 1.86. The number of para-hydroxylation sites is 1. The molecule has 1 aromatic carbocycles. The summed E-state index contributed by atoms with van der Waals surface area (Å²) in [6.45, 7) is 7.98. The number of nitrogens with one attached hydrogen (secondary N) is 2. The van der Waals surface area contributed by atoms with Crippen LogP contribution < -0.4 is 15.4 Å². The summed E-state index contributed by atoms with van der Waals surface area (Å²) in [6.07, 6.45) is -0.0758. The number of hydrogen-bond acceptors (Lipinski definition) is 3. The van der Waals surface area contributed by atoms with Crippen LogP contribution in [0.5, 0.6) is 5.75 Å². The summed E-state index contributed by atoms with van der Waals surface area (Å²) in [4.78, 5) is 4.53. The normalized spacial score (nSPS) is 14.3. The molecule has 0 spiro atoms. The molecular weight excluding hydrogens is 302 g/mol. The van der Waals surface area contributed by atoms with E-state index in [4.69, 9.17) is 21.1 Å². The molecule has 0 aliphatic heterocycles. The van der Waals surface area contributed by atoms with Gasteiger partial charge in [0.15, 0.2) is 5.96 Å². The van der Waals surface area contributed by atoms with Gasteiger partial charge in [0.1, 0.15) is 11.9 Å². The van der Waals surface area contributed by atoms with E-state index >= 15 is 0 Å². The topological polar surface area (TPSA) is 54.9 Å².